The highest BCUT2D eigenvalue weighted by molar-refractivity contribution is 7.69. The summed E-state index contributed by atoms with van der Waals surface area (Å²) < 4.78 is 44.9. The molecule has 4 unspecified atom stereocenters. The van der Waals surface area contributed by atoms with Gasteiger partial charge in [-0.2, -0.15) is 0 Å². The molecule has 0 aliphatic heterocycles. The van der Waals surface area contributed by atoms with E-state index in [1.807, 2.05) is 26.0 Å². The first-order chi connectivity index (χ1) is 15.0. The van der Waals surface area contributed by atoms with Gasteiger partial charge in [0, 0.05) is 0 Å². The molecule has 0 saturated heterocycles. The SMILES string of the molecule is CC(C)/C=C/CC(C)/C=C/CP(=O)(O)OP(=O)(O)OP(=O)(O)C/C=C/C(C)C/C=C/C(C)C. The summed E-state index contributed by atoms with van der Waals surface area (Å²) in [6.07, 6.45) is 14.7. The predicted octanol–water partition coefficient (Wildman–Crippen LogP) is 7.08. The number of rotatable bonds is 16. The molecule has 0 aliphatic rings. The molecule has 0 aromatic carbocycles. The second-order valence-electron chi connectivity index (χ2n) is 8.90. The largest absolute Gasteiger partial charge is 0.486 e. The van der Waals surface area contributed by atoms with Crippen LogP contribution >= 0.6 is 23.0 Å². The summed E-state index contributed by atoms with van der Waals surface area (Å²) in [7, 11) is -14.4. The Balaban J connectivity index is 4.73. The Hall–Kier alpha value is -0.550. The van der Waals surface area contributed by atoms with E-state index in [0.29, 0.717) is 11.8 Å². The van der Waals surface area contributed by atoms with Crippen molar-refractivity contribution in [1.82, 2.24) is 0 Å². The van der Waals surface area contributed by atoms with Crippen molar-refractivity contribution in [3.8, 4) is 0 Å². The van der Waals surface area contributed by atoms with Crippen LogP contribution in [0.5, 0.6) is 0 Å². The van der Waals surface area contributed by atoms with Gasteiger partial charge < -0.3 is 14.7 Å². The molecule has 0 heterocycles. The van der Waals surface area contributed by atoms with Gasteiger partial charge in [0.25, 0.3) is 0 Å². The average molecular weight is 526 g/mol. The highest BCUT2D eigenvalue weighted by Crippen LogP contribution is 2.67. The lowest BCUT2D eigenvalue weighted by Crippen LogP contribution is -1.98. The van der Waals surface area contributed by atoms with Crippen LogP contribution in [0.25, 0.3) is 0 Å². The smallest absolute Gasteiger partial charge is 0.324 e. The van der Waals surface area contributed by atoms with Crippen molar-refractivity contribution in [1.29, 1.82) is 0 Å². The molecular formula is C22H41O8P3. The molecule has 0 aromatic heterocycles. The third kappa shape index (κ3) is 19.4. The third-order valence-corrected chi connectivity index (χ3v) is 9.16. The Labute approximate surface area is 199 Å². The number of hydrogen-bond donors (Lipinski definition) is 3. The normalized spacial score (nSPS) is 20.7. The monoisotopic (exact) mass is 526 g/mol. The Bertz CT molecular complexity index is 765. The summed E-state index contributed by atoms with van der Waals surface area (Å²) in [5, 5.41) is 0. The predicted molar refractivity (Wildman–Crippen MR) is 135 cm³/mol. The summed E-state index contributed by atoms with van der Waals surface area (Å²) in [6.45, 7) is 12.1. The molecule has 0 aromatic rings. The van der Waals surface area contributed by atoms with Crippen LogP contribution < -0.4 is 0 Å². The van der Waals surface area contributed by atoms with Gasteiger partial charge in [0.15, 0.2) is 0 Å². The van der Waals surface area contributed by atoms with Crippen LogP contribution in [0.3, 0.4) is 0 Å². The van der Waals surface area contributed by atoms with Gasteiger partial charge in [-0.3, -0.25) is 9.13 Å². The highest BCUT2D eigenvalue weighted by Gasteiger charge is 2.39. The van der Waals surface area contributed by atoms with Crippen molar-refractivity contribution >= 4 is 23.0 Å². The molecule has 0 fully saturated rings. The molecular weight excluding hydrogens is 485 g/mol. The van der Waals surface area contributed by atoms with Crippen LogP contribution in [0.15, 0.2) is 48.6 Å². The van der Waals surface area contributed by atoms with Crippen molar-refractivity contribution in [3.05, 3.63) is 48.6 Å². The Kier molecular flexibility index (Phi) is 15.2. The fourth-order valence-electron chi connectivity index (χ4n) is 2.54. The molecule has 33 heavy (non-hydrogen) atoms. The van der Waals surface area contributed by atoms with Gasteiger partial charge in [0.2, 0.25) is 0 Å². The maximum Gasteiger partial charge on any atom is 0.486 e. The number of hydrogen-bond acceptors (Lipinski definition) is 5. The van der Waals surface area contributed by atoms with Crippen LogP contribution in [0.4, 0.5) is 0 Å². The van der Waals surface area contributed by atoms with Gasteiger partial charge in [-0.25, -0.2) is 13.2 Å². The zero-order chi connectivity index (χ0) is 25.7. The van der Waals surface area contributed by atoms with Crippen molar-refractivity contribution in [2.45, 2.75) is 54.4 Å². The Morgan fingerprint density at radius 2 is 0.939 bits per heavy atom. The van der Waals surface area contributed by atoms with E-state index in [-0.39, 0.29) is 11.8 Å². The standard InChI is InChI=1S/C22H41O8P3/c1-19(2)11-7-13-21(5)15-9-17-31(23,24)29-33(27,28)30-32(25,26)18-10-16-22(6)14-8-12-20(3)4/h7-12,15-16,19-22H,13-14,17-18H2,1-6H3,(H,23,24)(H,25,26)(H,27,28)/b11-7+,12-8+,15-9+,16-10+. The quantitative estimate of drug-likeness (QED) is 0.144. The highest BCUT2D eigenvalue weighted by atomic mass is 31.3. The summed E-state index contributed by atoms with van der Waals surface area (Å²) in [5.41, 5.74) is 0. The van der Waals surface area contributed by atoms with E-state index < -0.39 is 35.3 Å². The van der Waals surface area contributed by atoms with Crippen molar-refractivity contribution in [2.75, 3.05) is 12.3 Å². The van der Waals surface area contributed by atoms with Crippen LogP contribution in [0.2, 0.25) is 0 Å². The van der Waals surface area contributed by atoms with Gasteiger partial charge in [-0.15, -0.1) is 0 Å². The molecule has 0 saturated carbocycles. The maximum absolute atomic E-state index is 12.1. The van der Waals surface area contributed by atoms with Gasteiger partial charge in [-0.05, 0) is 36.5 Å². The lowest BCUT2D eigenvalue weighted by atomic mass is 10.1. The van der Waals surface area contributed by atoms with Crippen LogP contribution in [-0.2, 0) is 22.3 Å². The van der Waals surface area contributed by atoms with E-state index in [1.54, 1.807) is 12.2 Å². The second-order valence-corrected chi connectivity index (χ2v) is 14.4. The summed E-state index contributed by atoms with van der Waals surface area (Å²) in [4.78, 5) is 29.4. The first kappa shape index (κ1) is 32.5. The third-order valence-electron chi connectivity index (χ3n) is 4.12. The van der Waals surface area contributed by atoms with Gasteiger partial charge >= 0.3 is 23.0 Å². The summed E-state index contributed by atoms with van der Waals surface area (Å²) >= 11 is 0. The molecule has 4 atom stereocenters. The number of allylic oxidation sites excluding steroid dienone is 8. The van der Waals surface area contributed by atoms with Crippen molar-refractivity contribution in [3.63, 3.8) is 0 Å². The van der Waals surface area contributed by atoms with Crippen molar-refractivity contribution < 1.29 is 37.0 Å². The molecule has 0 radical (unpaired) electrons. The molecule has 0 amide bonds. The summed E-state index contributed by atoms with van der Waals surface area (Å²) in [5.74, 6) is 1.04. The van der Waals surface area contributed by atoms with Crippen LogP contribution in [0, 0.1) is 23.7 Å². The molecule has 0 aliphatic carbocycles. The first-order valence-electron chi connectivity index (χ1n) is 11.1. The fraction of sp³-hybridized carbons (Fsp3) is 0.636. The van der Waals surface area contributed by atoms with E-state index in [4.69, 9.17) is 0 Å². The van der Waals surface area contributed by atoms with Crippen LogP contribution in [-0.4, -0.2) is 27.0 Å². The summed E-state index contributed by atoms with van der Waals surface area (Å²) in [6, 6.07) is 0. The molecule has 11 heteroatoms. The minimum Gasteiger partial charge on any atom is -0.324 e. The fourth-order valence-corrected chi connectivity index (χ4v) is 6.82. The van der Waals surface area contributed by atoms with E-state index >= 15 is 0 Å². The molecule has 0 rings (SSSR count). The molecule has 192 valence electrons. The number of phosphoric acid groups is 1. The van der Waals surface area contributed by atoms with E-state index in [1.165, 1.54) is 12.2 Å². The van der Waals surface area contributed by atoms with Crippen LogP contribution in [0.1, 0.15) is 54.4 Å². The minimum absolute atomic E-state index is 0.0879. The van der Waals surface area contributed by atoms with E-state index in [2.05, 4.69) is 48.5 Å². The van der Waals surface area contributed by atoms with Gasteiger partial charge in [0.1, 0.15) is 0 Å². The lowest BCUT2D eigenvalue weighted by molar-refractivity contribution is 0.257. The molecule has 3 N–H and O–H groups in total. The zero-order valence-corrected chi connectivity index (χ0v) is 23.2. The topological polar surface area (TPSA) is 130 Å². The average Bonchev–Trinajstić information content (AvgIpc) is 2.58. The zero-order valence-electron chi connectivity index (χ0n) is 20.5. The van der Waals surface area contributed by atoms with Gasteiger partial charge in [0.05, 0.1) is 12.3 Å². The van der Waals surface area contributed by atoms with Gasteiger partial charge in [-0.1, -0.05) is 90.2 Å². The molecule has 0 bridgehead atoms. The van der Waals surface area contributed by atoms with E-state index in [0.717, 1.165) is 12.8 Å². The van der Waals surface area contributed by atoms with E-state index in [9.17, 15) is 28.4 Å². The lowest BCUT2D eigenvalue weighted by Gasteiger charge is -2.17. The molecule has 0 spiro atoms. The second kappa shape index (κ2) is 15.4. The first-order valence-corrected chi connectivity index (χ1v) is 16.1. The Morgan fingerprint density at radius 3 is 1.24 bits per heavy atom. The van der Waals surface area contributed by atoms with Crippen molar-refractivity contribution in [2.24, 2.45) is 23.7 Å². The maximum atomic E-state index is 12.1. The minimum atomic E-state index is -5.24. The Morgan fingerprint density at radius 1 is 0.606 bits per heavy atom. The molecule has 8 nitrogen and oxygen atoms in total.